The highest BCUT2D eigenvalue weighted by Crippen LogP contribution is 1.82. The summed E-state index contributed by atoms with van der Waals surface area (Å²) in [4.78, 5) is 10.2. The lowest BCUT2D eigenvalue weighted by atomic mass is 10.8. The van der Waals surface area contributed by atoms with Gasteiger partial charge in [-0.3, -0.25) is 4.79 Å². The van der Waals surface area contributed by atoms with Crippen molar-refractivity contribution in [3.63, 3.8) is 0 Å². The van der Waals surface area contributed by atoms with Crippen LogP contribution in [0.5, 0.6) is 0 Å². The van der Waals surface area contributed by atoms with Crippen LogP contribution in [0.4, 0.5) is 4.79 Å². The lowest BCUT2D eigenvalue weighted by Gasteiger charge is -1.97. The zero-order chi connectivity index (χ0) is 8.20. The predicted molar refractivity (Wildman–Crippen MR) is 45.4 cm³/mol. The normalized spacial score (nSPS) is 11.0. The topological polar surface area (TPSA) is 89.3 Å². The molecule has 0 fully saturated rings. The van der Waals surface area contributed by atoms with Crippen LogP contribution in [0.15, 0.2) is 0 Å². The predicted octanol–water partition coefficient (Wildman–Crippen LogP) is -0.580. The van der Waals surface area contributed by atoms with Crippen molar-refractivity contribution in [2.24, 2.45) is 5.14 Å². The Morgan fingerprint density at radius 2 is 2.10 bits per heavy atom. The molecule has 0 aromatic carbocycles. The van der Waals surface area contributed by atoms with Gasteiger partial charge < -0.3 is 5.32 Å². The molecule has 0 atom stereocenters. The minimum Gasteiger partial charge on any atom is -0.346 e. The Balaban J connectivity index is 3.49. The maximum absolute atomic E-state index is 10.2. The molecule has 0 rings (SSSR count). The lowest BCUT2D eigenvalue weighted by Crippen LogP contribution is -2.28. The molecule has 0 aliphatic rings. The Bertz CT molecular complexity index is 212. The zero-order valence-corrected chi connectivity index (χ0v) is 7.98. The lowest BCUT2D eigenvalue weighted by molar-refractivity contribution is 0.263. The van der Waals surface area contributed by atoms with Crippen LogP contribution < -0.4 is 10.5 Å². The fraction of sp³-hybridized carbons (Fsp3) is 0.667. The molecular formula is C3H7IN2O3S. The van der Waals surface area contributed by atoms with Gasteiger partial charge in [-0.25, -0.2) is 13.6 Å². The van der Waals surface area contributed by atoms with Crippen LogP contribution in [0.3, 0.4) is 0 Å². The van der Waals surface area contributed by atoms with Gasteiger partial charge >= 0.3 is 0 Å². The summed E-state index contributed by atoms with van der Waals surface area (Å²) in [6.45, 7) is 0.0700. The van der Waals surface area contributed by atoms with E-state index in [9.17, 15) is 13.2 Å². The van der Waals surface area contributed by atoms with E-state index in [4.69, 9.17) is 0 Å². The third-order valence-electron chi connectivity index (χ3n) is 0.651. The van der Waals surface area contributed by atoms with Crippen LogP contribution in [0.1, 0.15) is 0 Å². The van der Waals surface area contributed by atoms with Crippen molar-refractivity contribution in [1.29, 1.82) is 0 Å². The highest BCUT2D eigenvalue weighted by atomic mass is 127. The SMILES string of the molecule is NS(=O)(=O)CCNC(=O)I. The van der Waals surface area contributed by atoms with E-state index >= 15 is 0 Å². The number of hydrogen-bond donors (Lipinski definition) is 2. The van der Waals surface area contributed by atoms with Gasteiger partial charge in [-0.05, 0) is 0 Å². The quantitative estimate of drug-likeness (QED) is 0.411. The number of carbonyl (C=O) groups excluding carboxylic acids is 1. The van der Waals surface area contributed by atoms with Crippen molar-refractivity contribution in [2.45, 2.75) is 0 Å². The molecule has 60 valence electrons. The van der Waals surface area contributed by atoms with Crippen molar-refractivity contribution < 1.29 is 13.2 Å². The average Bonchev–Trinajstić information content (AvgIpc) is 1.59. The molecule has 0 aliphatic carbocycles. The van der Waals surface area contributed by atoms with Crippen LogP contribution in [-0.2, 0) is 10.0 Å². The molecule has 5 nitrogen and oxygen atoms in total. The number of nitrogens with one attached hydrogen (secondary N) is 1. The maximum atomic E-state index is 10.2. The van der Waals surface area contributed by atoms with Crippen molar-refractivity contribution in [1.82, 2.24) is 5.32 Å². The van der Waals surface area contributed by atoms with Crippen LogP contribution in [-0.4, -0.2) is 24.6 Å². The van der Waals surface area contributed by atoms with E-state index in [1.54, 1.807) is 0 Å². The number of amides is 1. The van der Waals surface area contributed by atoms with Gasteiger partial charge in [0, 0.05) is 29.1 Å². The van der Waals surface area contributed by atoms with Crippen LogP contribution in [0, 0.1) is 0 Å². The first-order valence-corrected chi connectivity index (χ1v) is 5.15. The van der Waals surface area contributed by atoms with E-state index < -0.39 is 10.0 Å². The monoisotopic (exact) mass is 278 g/mol. The number of carbonyl (C=O) groups is 1. The van der Waals surface area contributed by atoms with Gasteiger partial charge in [-0.2, -0.15) is 0 Å². The number of halogens is 1. The molecule has 0 aromatic heterocycles. The van der Waals surface area contributed by atoms with Crippen molar-refractivity contribution in [3.8, 4) is 0 Å². The van der Waals surface area contributed by atoms with Gasteiger partial charge in [0.25, 0.3) is 3.91 Å². The molecule has 0 unspecified atom stereocenters. The molecule has 0 aromatic rings. The third-order valence-corrected chi connectivity index (χ3v) is 1.81. The van der Waals surface area contributed by atoms with E-state index in [-0.39, 0.29) is 16.2 Å². The average molecular weight is 278 g/mol. The van der Waals surface area contributed by atoms with Crippen molar-refractivity contribution in [3.05, 3.63) is 0 Å². The smallest absolute Gasteiger partial charge is 0.280 e. The van der Waals surface area contributed by atoms with E-state index in [0.717, 1.165) is 0 Å². The Morgan fingerprint density at radius 1 is 1.60 bits per heavy atom. The number of nitrogens with two attached hydrogens (primary N) is 1. The van der Waals surface area contributed by atoms with Gasteiger partial charge in [0.2, 0.25) is 10.0 Å². The first-order chi connectivity index (χ1) is 4.42. The second kappa shape index (κ2) is 4.09. The highest BCUT2D eigenvalue weighted by Gasteiger charge is 2.01. The van der Waals surface area contributed by atoms with Crippen LogP contribution >= 0.6 is 22.6 Å². The maximum Gasteiger partial charge on any atom is 0.280 e. The summed E-state index contributed by atoms with van der Waals surface area (Å²) in [5.41, 5.74) is 0. The largest absolute Gasteiger partial charge is 0.346 e. The Kier molecular flexibility index (Phi) is 4.13. The van der Waals surface area contributed by atoms with Gasteiger partial charge in [0.1, 0.15) is 0 Å². The molecule has 7 heteroatoms. The molecular weight excluding hydrogens is 271 g/mol. The Morgan fingerprint density at radius 3 is 2.40 bits per heavy atom. The fourth-order valence-electron chi connectivity index (χ4n) is 0.292. The zero-order valence-electron chi connectivity index (χ0n) is 5.00. The van der Waals surface area contributed by atoms with Gasteiger partial charge in [0.05, 0.1) is 5.75 Å². The number of sulfonamides is 1. The molecule has 1 amide bonds. The second-order valence-corrected chi connectivity index (χ2v) is 4.28. The first kappa shape index (κ1) is 10.1. The number of primary sulfonamides is 1. The van der Waals surface area contributed by atoms with Gasteiger partial charge in [0.15, 0.2) is 0 Å². The molecule has 0 heterocycles. The Hall–Kier alpha value is 0.110. The van der Waals surface area contributed by atoms with Crippen LogP contribution in [0.2, 0.25) is 0 Å². The number of hydrogen-bond acceptors (Lipinski definition) is 3. The minimum atomic E-state index is -3.44. The summed E-state index contributed by atoms with van der Waals surface area (Å²) in [7, 11) is -3.44. The molecule has 0 saturated carbocycles. The summed E-state index contributed by atoms with van der Waals surface area (Å²) in [5, 5.41) is 6.93. The van der Waals surface area contributed by atoms with Crippen LogP contribution in [0.25, 0.3) is 0 Å². The Labute approximate surface area is 72.5 Å². The summed E-state index contributed by atoms with van der Waals surface area (Å²) < 4.78 is 20.2. The second-order valence-electron chi connectivity index (χ2n) is 1.57. The molecule has 0 radical (unpaired) electrons. The first-order valence-electron chi connectivity index (χ1n) is 2.35. The molecule has 3 N–H and O–H groups in total. The summed E-state index contributed by atoms with van der Waals surface area (Å²) in [6, 6.07) is 0. The number of rotatable bonds is 3. The standard InChI is InChI=1S/C3H7IN2O3S/c4-3(7)6-1-2-10(5,8)9/h1-2H2,(H,6,7)(H2,5,8,9). The van der Waals surface area contributed by atoms with Crippen molar-refractivity contribution >= 4 is 36.5 Å². The van der Waals surface area contributed by atoms with E-state index in [2.05, 4.69) is 10.5 Å². The molecule has 0 saturated heterocycles. The van der Waals surface area contributed by atoms with E-state index in [0.29, 0.717) is 0 Å². The van der Waals surface area contributed by atoms with Gasteiger partial charge in [-0.15, -0.1) is 0 Å². The molecule has 10 heavy (non-hydrogen) atoms. The molecule has 0 bridgehead atoms. The van der Waals surface area contributed by atoms with E-state index in [1.165, 1.54) is 22.6 Å². The summed E-state index contributed by atoms with van der Waals surface area (Å²) in [6.07, 6.45) is 0. The van der Waals surface area contributed by atoms with E-state index in [1.807, 2.05) is 0 Å². The summed E-state index contributed by atoms with van der Waals surface area (Å²) >= 11 is 1.51. The molecule has 0 aliphatic heterocycles. The van der Waals surface area contributed by atoms with Gasteiger partial charge in [-0.1, -0.05) is 0 Å². The minimum absolute atomic E-state index is 0.0700. The molecule has 0 spiro atoms. The van der Waals surface area contributed by atoms with Crippen molar-refractivity contribution in [2.75, 3.05) is 12.3 Å². The highest BCUT2D eigenvalue weighted by molar-refractivity contribution is 14.1. The summed E-state index contributed by atoms with van der Waals surface area (Å²) in [5.74, 6) is -0.220. The fourth-order valence-corrected chi connectivity index (χ4v) is 0.948. The third kappa shape index (κ3) is 8.11.